The molecular formula is C12H22N2O4. The molecule has 1 rings (SSSR count). The van der Waals surface area contributed by atoms with Crippen LogP contribution in [0.4, 0.5) is 4.79 Å². The topological polar surface area (TPSA) is 78.9 Å². The predicted molar refractivity (Wildman–Crippen MR) is 66.4 cm³/mol. The van der Waals surface area contributed by atoms with Crippen molar-refractivity contribution in [1.29, 1.82) is 0 Å². The van der Waals surface area contributed by atoms with Crippen LogP contribution < -0.4 is 5.32 Å². The highest BCUT2D eigenvalue weighted by Crippen LogP contribution is 2.15. The Morgan fingerprint density at radius 3 is 2.56 bits per heavy atom. The zero-order valence-corrected chi connectivity index (χ0v) is 11.4. The van der Waals surface area contributed by atoms with Crippen LogP contribution in [0.15, 0.2) is 0 Å². The van der Waals surface area contributed by atoms with Gasteiger partial charge in [0.2, 0.25) is 0 Å². The van der Waals surface area contributed by atoms with Gasteiger partial charge in [-0.25, -0.2) is 4.79 Å². The SMILES string of the molecule is C[C@@H]1CN[C@@H](C(=O)O)CN1C(=O)OCC(C)(C)C. The van der Waals surface area contributed by atoms with E-state index in [9.17, 15) is 9.59 Å². The number of carboxylic acids is 1. The first-order chi connectivity index (χ1) is 8.20. The van der Waals surface area contributed by atoms with Crippen LogP contribution in [0.3, 0.4) is 0 Å². The number of nitrogens with one attached hydrogen (secondary N) is 1. The van der Waals surface area contributed by atoms with Crippen molar-refractivity contribution in [2.75, 3.05) is 19.7 Å². The molecule has 0 aromatic rings. The first-order valence-electron chi connectivity index (χ1n) is 6.10. The van der Waals surface area contributed by atoms with Crippen molar-refractivity contribution in [2.45, 2.75) is 39.8 Å². The van der Waals surface area contributed by atoms with Crippen LogP contribution in [0, 0.1) is 5.41 Å². The minimum Gasteiger partial charge on any atom is -0.480 e. The summed E-state index contributed by atoms with van der Waals surface area (Å²) in [6.45, 7) is 8.70. The van der Waals surface area contributed by atoms with Gasteiger partial charge in [0.15, 0.2) is 0 Å². The van der Waals surface area contributed by atoms with Gasteiger partial charge in [-0.05, 0) is 12.3 Å². The lowest BCUT2D eigenvalue weighted by Crippen LogP contribution is -2.59. The Morgan fingerprint density at radius 2 is 2.06 bits per heavy atom. The van der Waals surface area contributed by atoms with E-state index in [1.807, 2.05) is 27.7 Å². The smallest absolute Gasteiger partial charge is 0.410 e. The van der Waals surface area contributed by atoms with Crippen LogP contribution in [0.25, 0.3) is 0 Å². The fourth-order valence-corrected chi connectivity index (χ4v) is 1.65. The molecule has 0 bridgehead atoms. The van der Waals surface area contributed by atoms with E-state index in [2.05, 4.69) is 5.32 Å². The van der Waals surface area contributed by atoms with E-state index < -0.39 is 18.1 Å². The van der Waals surface area contributed by atoms with E-state index in [1.54, 1.807) is 0 Å². The number of nitrogens with zero attached hydrogens (tertiary/aromatic N) is 1. The zero-order valence-electron chi connectivity index (χ0n) is 11.4. The number of piperazine rings is 1. The number of amides is 1. The number of carbonyl (C=O) groups is 2. The molecular weight excluding hydrogens is 236 g/mol. The minimum atomic E-state index is -0.949. The molecule has 104 valence electrons. The van der Waals surface area contributed by atoms with Crippen molar-refractivity contribution in [3.05, 3.63) is 0 Å². The van der Waals surface area contributed by atoms with Crippen LogP contribution in [0.5, 0.6) is 0 Å². The molecule has 6 heteroatoms. The van der Waals surface area contributed by atoms with Crippen LogP contribution >= 0.6 is 0 Å². The molecule has 0 aromatic heterocycles. The molecule has 1 aliphatic heterocycles. The van der Waals surface area contributed by atoms with Crippen LogP contribution in [-0.4, -0.2) is 53.8 Å². The Labute approximate surface area is 107 Å². The fraction of sp³-hybridized carbons (Fsp3) is 0.833. The molecule has 0 spiro atoms. The molecule has 0 saturated carbocycles. The van der Waals surface area contributed by atoms with Gasteiger partial charge in [-0.1, -0.05) is 20.8 Å². The molecule has 6 nitrogen and oxygen atoms in total. The standard InChI is InChI=1S/C12H22N2O4/c1-8-5-13-9(10(15)16)6-14(8)11(17)18-7-12(2,3)4/h8-9,13H,5-7H2,1-4H3,(H,15,16)/t8-,9-/m1/s1. The second kappa shape index (κ2) is 5.56. The number of hydrogen-bond acceptors (Lipinski definition) is 4. The molecule has 0 aliphatic carbocycles. The van der Waals surface area contributed by atoms with Crippen LogP contribution in [-0.2, 0) is 9.53 Å². The molecule has 2 N–H and O–H groups in total. The summed E-state index contributed by atoms with van der Waals surface area (Å²) in [7, 11) is 0. The van der Waals surface area contributed by atoms with Gasteiger partial charge in [-0.15, -0.1) is 0 Å². The van der Waals surface area contributed by atoms with E-state index in [4.69, 9.17) is 9.84 Å². The molecule has 1 heterocycles. The molecule has 0 unspecified atom stereocenters. The minimum absolute atomic E-state index is 0.0620. The lowest BCUT2D eigenvalue weighted by molar-refractivity contribution is -0.140. The number of carbonyl (C=O) groups excluding carboxylic acids is 1. The molecule has 1 fully saturated rings. The molecule has 1 amide bonds. The van der Waals surface area contributed by atoms with Crippen molar-refractivity contribution in [3.8, 4) is 0 Å². The molecule has 0 aromatic carbocycles. The number of carboxylic acid groups (broad SMARTS) is 1. The molecule has 1 aliphatic rings. The molecule has 18 heavy (non-hydrogen) atoms. The van der Waals surface area contributed by atoms with Gasteiger partial charge in [0.25, 0.3) is 0 Å². The van der Waals surface area contributed by atoms with E-state index >= 15 is 0 Å². The summed E-state index contributed by atoms with van der Waals surface area (Å²) in [6, 6.07) is -0.781. The maximum atomic E-state index is 11.9. The predicted octanol–water partition coefficient (Wildman–Crippen LogP) is 0.916. The third kappa shape index (κ3) is 4.18. The Hall–Kier alpha value is -1.30. The van der Waals surface area contributed by atoms with Gasteiger partial charge in [-0.3, -0.25) is 4.79 Å². The Balaban J connectivity index is 2.57. The monoisotopic (exact) mass is 258 g/mol. The lowest BCUT2D eigenvalue weighted by Gasteiger charge is -2.36. The van der Waals surface area contributed by atoms with Gasteiger partial charge < -0.3 is 20.1 Å². The van der Waals surface area contributed by atoms with Crippen molar-refractivity contribution < 1.29 is 19.4 Å². The van der Waals surface area contributed by atoms with E-state index in [0.717, 1.165) is 0 Å². The number of aliphatic carboxylic acids is 1. The first-order valence-corrected chi connectivity index (χ1v) is 6.10. The summed E-state index contributed by atoms with van der Waals surface area (Å²) in [5.41, 5.74) is -0.0981. The Morgan fingerprint density at radius 1 is 1.44 bits per heavy atom. The third-order valence-electron chi connectivity index (χ3n) is 2.73. The average molecular weight is 258 g/mol. The second-order valence-electron chi connectivity index (χ2n) is 5.92. The summed E-state index contributed by atoms with van der Waals surface area (Å²) in [4.78, 5) is 24.3. The average Bonchev–Trinajstić information content (AvgIpc) is 2.25. The maximum absolute atomic E-state index is 11.9. The van der Waals surface area contributed by atoms with Gasteiger partial charge in [0.05, 0.1) is 13.2 Å². The third-order valence-corrected chi connectivity index (χ3v) is 2.73. The summed E-state index contributed by atoms with van der Waals surface area (Å²) in [6.07, 6.45) is -0.440. The van der Waals surface area contributed by atoms with Gasteiger partial charge in [0, 0.05) is 12.6 Å². The fourth-order valence-electron chi connectivity index (χ4n) is 1.65. The Bertz CT molecular complexity index is 325. The largest absolute Gasteiger partial charge is 0.480 e. The second-order valence-corrected chi connectivity index (χ2v) is 5.92. The maximum Gasteiger partial charge on any atom is 0.410 e. The molecule has 2 atom stereocenters. The van der Waals surface area contributed by atoms with Crippen molar-refractivity contribution in [2.24, 2.45) is 5.41 Å². The highest BCUT2D eigenvalue weighted by Gasteiger charge is 2.33. The summed E-state index contributed by atoms with van der Waals surface area (Å²) < 4.78 is 5.21. The van der Waals surface area contributed by atoms with Crippen LogP contribution in [0.2, 0.25) is 0 Å². The number of rotatable bonds is 2. The van der Waals surface area contributed by atoms with Crippen molar-refractivity contribution in [1.82, 2.24) is 10.2 Å². The summed E-state index contributed by atoms with van der Waals surface area (Å²) >= 11 is 0. The van der Waals surface area contributed by atoms with Gasteiger partial charge in [0.1, 0.15) is 6.04 Å². The van der Waals surface area contributed by atoms with Gasteiger partial charge >= 0.3 is 12.1 Å². The summed E-state index contributed by atoms with van der Waals surface area (Å²) in [5.74, 6) is -0.949. The quantitative estimate of drug-likeness (QED) is 0.770. The van der Waals surface area contributed by atoms with E-state index in [1.165, 1.54) is 4.90 Å². The normalized spacial score (nSPS) is 24.8. The summed E-state index contributed by atoms with van der Waals surface area (Å²) in [5, 5.41) is 11.8. The highest BCUT2D eigenvalue weighted by molar-refractivity contribution is 5.76. The molecule has 0 radical (unpaired) electrons. The number of ether oxygens (including phenoxy) is 1. The van der Waals surface area contributed by atoms with Gasteiger partial charge in [-0.2, -0.15) is 0 Å². The molecule has 1 saturated heterocycles. The first kappa shape index (κ1) is 14.8. The Kier molecular flexibility index (Phi) is 4.56. The van der Waals surface area contributed by atoms with Crippen molar-refractivity contribution in [3.63, 3.8) is 0 Å². The van der Waals surface area contributed by atoms with Crippen molar-refractivity contribution >= 4 is 12.1 Å². The zero-order chi connectivity index (χ0) is 13.9. The van der Waals surface area contributed by atoms with Crippen LogP contribution in [0.1, 0.15) is 27.7 Å². The van der Waals surface area contributed by atoms with E-state index in [0.29, 0.717) is 13.2 Å². The van der Waals surface area contributed by atoms with E-state index in [-0.39, 0.29) is 18.0 Å². The number of hydrogen-bond donors (Lipinski definition) is 2. The lowest BCUT2D eigenvalue weighted by atomic mass is 9.99. The highest BCUT2D eigenvalue weighted by atomic mass is 16.6.